The topological polar surface area (TPSA) is 85.9 Å². The van der Waals surface area contributed by atoms with Gasteiger partial charge in [0.25, 0.3) is 5.91 Å². The third-order valence-electron chi connectivity index (χ3n) is 5.04. The van der Waals surface area contributed by atoms with Crippen LogP contribution in [0.3, 0.4) is 0 Å². The molecule has 3 aromatic rings. The van der Waals surface area contributed by atoms with Crippen LogP contribution in [-0.2, 0) is 11.2 Å². The molecule has 0 bridgehead atoms. The van der Waals surface area contributed by atoms with Crippen LogP contribution in [0.1, 0.15) is 36.2 Å². The predicted molar refractivity (Wildman–Crippen MR) is 133 cm³/mol. The van der Waals surface area contributed by atoms with E-state index in [4.69, 9.17) is 14.2 Å². The molecule has 0 aromatic heterocycles. The SMILES string of the molecule is CCOc1cc(NC(=O)c2ccccc2)c(OCC)cc1NC(=O)CCc1ccc(OC)cc1. The third kappa shape index (κ3) is 6.75. The number of carbonyl (C=O) groups is 2. The molecule has 0 saturated carbocycles. The summed E-state index contributed by atoms with van der Waals surface area (Å²) in [6.45, 7) is 4.50. The fourth-order valence-electron chi connectivity index (χ4n) is 3.35. The van der Waals surface area contributed by atoms with Crippen LogP contribution in [-0.4, -0.2) is 32.1 Å². The highest BCUT2D eigenvalue weighted by molar-refractivity contribution is 6.05. The van der Waals surface area contributed by atoms with E-state index in [1.807, 2.05) is 44.2 Å². The molecule has 7 nitrogen and oxygen atoms in total. The molecular weight excluding hydrogens is 432 g/mol. The van der Waals surface area contributed by atoms with Crippen molar-refractivity contribution in [3.8, 4) is 17.2 Å². The molecule has 0 atom stereocenters. The number of nitrogens with one attached hydrogen (secondary N) is 2. The monoisotopic (exact) mass is 462 g/mol. The van der Waals surface area contributed by atoms with Gasteiger partial charge in [-0.1, -0.05) is 30.3 Å². The fraction of sp³-hybridized carbons (Fsp3) is 0.259. The summed E-state index contributed by atoms with van der Waals surface area (Å²) in [5.41, 5.74) is 2.52. The molecule has 178 valence electrons. The van der Waals surface area contributed by atoms with Crippen LogP contribution in [0.2, 0.25) is 0 Å². The average Bonchev–Trinajstić information content (AvgIpc) is 2.86. The molecule has 2 N–H and O–H groups in total. The summed E-state index contributed by atoms with van der Waals surface area (Å²) in [7, 11) is 1.62. The predicted octanol–water partition coefficient (Wildman–Crippen LogP) is 5.32. The van der Waals surface area contributed by atoms with E-state index in [0.717, 1.165) is 11.3 Å². The standard InChI is InChI=1S/C27H30N2O5/c1-4-33-24-18-23(29-27(31)20-9-7-6-8-10-20)25(34-5-2)17-22(24)28-26(30)16-13-19-11-14-21(32-3)15-12-19/h6-12,14-15,17-18H,4-5,13,16H2,1-3H3,(H,28,30)(H,29,31). The highest BCUT2D eigenvalue weighted by Crippen LogP contribution is 2.37. The van der Waals surface area contributed by atoms with Crippen LogP contribution < -0.4 is 24.8 Å². The van der Waals surface area contributed by atoms with Gasteiger partial charge in [-0.15, -0.1) is 0 Å². The lowest BCUT2D eigenvalue weighted by molar-refractivity contribution is -0.116. The fourth-order valence-corrected chi connectivity index (χ4v) is 3.35. The van der Waals surface area contributed by atoms with Gasteiger partial charge < -0.3 is 24.8 Å². The van der Waals surface area contributed by atoms with Gasteiger partial charge in [-0.25, -0.2) is 0 Å². The Morgan fingerprint density at radius 3 is 1.94 bits per heavy atom. The first-order chi connectivity index (χ1) is 16.5. The van der Waals surface area contributed by atoms with E-state index >= 15 is 0 Å². The number of hydrogen-bond acceptors (Lipinski definition) is 5. The second-order valence-corrected chi connectivity index (χ2v) is 7.43. The van der Waals surface area contributed by atoms with Gasteiger partial charge in [0.1, 0.15) is 17.2 Å². The van der Waals surface area contributed by atoms with Crippen molar-refractivity contribution in [2.24, 2.45) is 0 Å². The number of ether oxygens (including phenoxy) is 3. The highest BCUT2D eigenvalue weighted by atomic mass is 16.5. The maximum absolute atomic E-state index is 12.7. The van der Waals surface area contributed by atoms with E-state index in [2.05, 4.69) is 10.6 Å². The van der Waals surface area contributed by atoms with Crippen molar-refractivity contribution in [3.63, 3.8) is 0 Å². The first-order valence-electron chi connectivity index (χ1n) is 11.3. The van der Waals surface area contributed by atoms with Gasteiger partial charge >= 0.3 is 0 Å². The second kappa shape index (κ2) is 12.3. The van der Waals surface area contributed by atoms with Gasteiger partial charge in [0.15, 0.2) is 0 Å². The maximum atomic E-state index is 12.7. The summed E-state index contributed by atoms with van der Waals surface area (Å²) in [5.74, 6) is 1.26. The molecule has 0 spiro atoms. The molecule has 7 heteroatoms. The molecule has 0 aliphatic carbocycles. The Morgan fingerprint density at radius 2 is 1.38 bits per heavy atom. The Morgan fingerprint density at radius 1 is 0.794 bits per heavy atom. The summed E-state index contributed by atoms with van der Waals surface area (Å²) < 4.78 is 16.7. The molecule has 0 radical (unpaired) electrons. The highest BCUT2D eigenvalue weighted by Gasteiger charge is 2.17. The number of aryl methyl sites for hydroxylation is 1. The van der Waals surface area contributed by atoms with Crippen LogP contribution in [0.15, 0.2) is 66.7 Å². The minimum atomic E-state index is -0.264. The van der Waals surface area contributed by atoms with Gasteiger partial charge in [0.05, 0.1) is 31.7 Å². The number of anilines is 2. The zero-order valence-electron chi connectivity index (χ0n) is 19.7. The molecule has 2 amide bonds. The first kappa shape index (κ1) is 24.6. The lowest BCUT2D eigenvalue weighted by Gasteiger charge is -2.18. The molecule has 0 unspecified atom stereocenters. The molecule has 34 heavy (non-hydrogen) atoms. The van der Waals surface area contributed by atoms with Crippen molar-refractivity contribution < 1.29 is 23.8 Å². The molecule has 3 aromatic carbocycles. The van der Waals surface area contributed by atoms with Gasteiger partial charge in [0, 0.05) is 24.1 Å². The Bertz CT molecular complexity index is 1100. The minimum Gasteiger partial charge on any atom is -0.497 e. The normalized spacial score (nSPS) is 10.3. The quantitative estimate of drug-likeness (QED) is 0.403. The Kier molecular flexibility index (Phi) is 8.91. The number of carbonyl (C=O) groups excluding carboxylic acids is 2. The van der Waals surface area contributed by atoms with E-state index in [-0.39, 0.29) is 11.8 Å². The summed E-state index contributed by atoms with van der Waals surface area (Å²) in [4.78, 5) is 25.4. The summed E-state index contributed by atoms with van der Waals surface area (Å²) >= 11 is 0. The van der Waals surface area contributed by atoms with Crippen molar-refractivity contribution in [3.05, 3.63) is 77.9 Å². The second-order valence-electron chi connectivity index (χ2n) is 7.43. The van der Waals surface area contributed by atoms with Crippen LogP contribution in [0, 0.1) is 0 Å². The van der Waals surface area contributed by atoms with E-state index in [9.17, 15) is 9.59 Å². The van der Waals surface area contributed by atoms with Crippen LogP contribution >= 0.6 is 0 Å². The molecule has 0 fully saturated rings. The molecule has 0 saturated heterocycles. The number of methoxy groups -OCH3 is 1. The van der Waals surface area contributed by atoms with Crippen molar-refractivity contribution >= 4 is 23.2 Å². The summed E-state index contributed by atoms with van der Waals surface area (Å²) in [6, 6.07) is 19.9. The van der Waals surface area contributed by atoms with Crippen LogP contribution in [0.5, 0.6) is 17.2 Å². The largest absolute Gasteiger partial charge is 0.497 e. The summed E-state index contributed by atoms with van der Waals surface area (Å²) in [6.07, 6.45) is 0.887. The van der Waals surface area contributed by atoms with Gasteiger partial charge in [-0.3, -0.25) is 9.59 Å². The van der Waals surface area contributed by atoms with Gasteiger partial charge in [-0.2, -0.15) is 0 Å². The van der Waals surface area contributed by atoms with Gasteiger partial charge in [-0.05, 0) is 50.1 Å². The molecule has 3 rings (SSSR count). The van der Waals surface area contributed by atoms with Gasteiger partial charge in [0.2, 0.25) is 5.91 Å². The zero-order valence-corrected chi connectivity index (χ0v) is 19.7. The number of benzene rings is 3. The van der Waals surface area contributed by atoms with Crippen molar-refractivity contribution in [1.29, 1.82) is 0 Å². The van der Waals surface area contributed by atoms with E-state index in [0.29, 0.717) is 54.5 Å². The zero-order chi connectivity index (χ0) is 24.3. The van der Waals surface area contributed by atoms with E-state index < -0.39 is 0 Å². The molecule has 0 heterocycles. The van der Waals surface area contributed by atoms with Crippen LogP contribution in [0.25, 0.3) is 0 Å². The Balaban J connectivity index is 1.76. The Labute approximate surface area is 200 Å². The average molecular weight is 463 g/mol. The number of hydrogen-bond donors (Lipinski definition) is 2. The Hall–Kier alpha value is -4.00. The summed E-state index contributed by atoms with van der Waals surface area (Å²) in [5, 5.41) is 5.80. The lowest BCUT2D eigenvalue weighted by Crippen LogP contribution is -2.16. The maximum Gasteiger partial charge on any atom is 0.255 e. The van der Waals surface area contributed by atoms with Crippen LogP contribution in [0.4, 0.5) is 11.4 Å². The number of rotatable bonds is 11. The van der Waals surface area contributed by atoms with Crippen molar-refractivity contribution in [2.75, 3.05) is 31.0 Å². The van der Waals surface area contributed by atoms with Crippen molar-refractivity contribution in [1.82, 2.24) is 0 Å². The molecular formula is C27H30N2O5. The minimum absolute atomic E-state index is 0.153. The molecule has 0 aliphatic rings. The smallest absolute Gasteiger partial charge is 0.255 e. The van der Waals surface area contributed by atoms with E-state index in [1.54, 1.807) is 43.5 Å². The number of amides is 2. The van der Waals surface area contributed by atoms with Crippen molar-refractivity contribution in [2.45, 2.75) is 26.7 Å². The first-order valence-corrected chi connectivity index (χ1v) is 11.3. The molecule has 0 aliphatic heterocycles. The lowest BCUT2D eigenvalue weighted by atomic mass is 10.1. The third-order valence-corrected chi connectivity index (χ3v) is 5.04. The van der Waals surface area contributed by atoms with E-state index in [1.165, 1.54) is 0 Å².